The van der Waals surface area contributed by atoms with Crippen molar-refractivity contribution in [2.45, 2.75) is 46.5 Å². The number of carbonyl (C=O) groups excluding carboxylic acids is 2. The molecule has 0 aliphatic carbocycles. The van der Waals surface area contributed by atoms with Crippen molar-refractivity contribution in [1.82, 2.24) is 10.3 Å². The van der Waals surface area contributed by atoms with Crippen LogP contribution in [0.2, 0.25) is 0 Å². The minimum absolute atomic E-state index is 0.134. The van der Waals surface area contributed by atoms with Crippen LogP contribution in [-0.2, 0) is 16.6 Å². The van der Waals surface area contributed by atoms with E-state index in [2.05, 4.69) is 31.4 Å². The number of carbonyl (C=O) groups is 2. The maximum Gasteiger partial charge on any atom is 0.350 e. The van der Waals surface area contributed by atoms with Gasteiger partial charge in [0.2, 0.25) is 0 Å². The van der Waals surface area contributed by atoms with Gasteiger partial charge in [-0.2, -0.15) is 0 Å². The number of thiazole rings is 1. The Morgan fingerprint density at radius 1 is 1.15 bits per heavy atom. The van der Waals surface area contributed by atoms with Gasteiger partial charge in [-0.05, 0) is 31.5 Å². The van der Waals surface area contributed by atoms with Gasteiger partial charge in [0.25, 0.3) is 0 Å². The van der Waals surface area contributed by atoms with Gasteiger partial charge in [-0.15, -0.1) is 11.3 Å². The van der Waals surface area contributed by atoms with Crippen molar-refractivity contribution in [2.75, 3.05) is 18.5 Å². The Hall–Kier alpha value is -2.41. The molecule has 2 amide bonds. The minimum Gasteiger partial charge on any atom is -0.462 e. The van der Waals surface area contributed by atoms with Gasteiger partial charge >= 0.3 is 12.0 Å². The van der Waals surface area contributed by atoms with Gasteiger partial charge in [0, 0.05) is 24.1 Å². The molecule has 0 spiro atoms. The third-order valence-electron chi connectivity index (χ3n) is 3.72. The normalized spacial score (nSPS) is 11.1. The van der Waals surface area contributed by atoms with E-state index < -0.39 is 0 Å². The van der Waals surface area contributed by atoms with E-state index in [-0.39, 0.29) is 17.4 Å². The van der Waals surface area contributed by atoms with E-state index in [1.54, 1.807) is 6.92 Å². The number of anilines is 1. The predicted octanol–water partition coefficient (Wildman–Crippen LogP) is 4.35. The van der Waals surface area contributed by atoms with Crippen LogP contribution >= 0.6 is 11.3 Å². The molecule has 0 aliphatic rings. The Morgan fingerprint density at radius 2 is 1.81 bits per heavy atom. The molecule has 2 rings (SSSR count). The lowest BCUT2D eigenvalue weighted by Gasteiger charge is -2.13. The number of urea groups is 1. The van der Waals surface area contributed by atoms with Crippen LogP contribution < -0.4 is 10.6 Å². The summed E-state index contributed by atoms with van der Waals surface area (Å²) < 4.78 is 5.20. The molecular weight excluding hydrogens is 362 g/mol. The monoisotopic (exact) mass is 389 g/mol. The number of esters is 1. The highest BCUT2D eigenvalue weighted by Crippen LogP contribution is 2.31. The number of amides is 2. The molecule has 0 bridgehead atoms. The lowest BCUT2D eigenvalue weighted by Crippen LogP contribution is -2.28. The molecule has 6 nitrogen and oxygen atoms in total. The van der Waals surface area contributed by atoms with Gasteiger partial charge in [0.15, 0.2) is 0 Å². The zero-order valence-electron chi connectivity index (χ0n) is 16.5. The number of rotatable bonds is 6. The molecule has 2 aromatic rings. The first-order chi connectivity index (χ1) is 12.7. The molecule has 0 saturated heterocycles. The molecule has 27 heavy (non-hydrogen) atoms. The SMILES string of the molecule is CCNC(=O)Nc1ccc(Cc2nc(C(C)(C)C)sc2C(=O)OCC)cc1. The van der Waals surface area contributed by atoms with Crippen LogP contribution in [-0.4, -0.2) is 30.1 Å². The lowest BCUT2D eigenvalue weighted by atomic mass is 9.98. The lowest BCUT2D eigenvalue weighted by molar-refractivity contribution is 0.0530. The summed E-state index contributed by atoms with van der Waals surface area (Å²) in [5.41, 5.74) is 2.31. The van der Waals surface area contributed by atoms with Gasteiger partial charge in [0.1, 0.15) is 4.88 Å². The summed E-state index contributed by atoms with van der Waals surface area (Å²) in [6.45, 7) is 10.8. The maximum atomic E-state index is 12.3. The zero-order valence-corrected chi connectivity index (χ0v) is 17.3. The highest BCUT2D eigenvalue weighted by Gasteiger charge is 2.25. The topological polar surface area (TPSA) is 80.3 Å². The summed E-state index contributed by atoms with van der Waals surface area (Å²) >= 11 is 1.40. The van der Waals surface area contributed by atoms with E-state index in [9.17, 15) is 9.59 Å². The molecule has 0 unspecified atom stereocenters. The van der Waals surface area contributed by atoms with Crippen LogP contribution in [0.15, 0.2) is 24.3 Å². The molecule has 7 heteroatoms. The molecule has 0 fully saturated rings. The van der Waals surface area contributed by atoms with Crippen molar-refractivity contribution < 1.29 is 14.3 Å². The second-order valence-corrected chi connectivity index (χ2v) is 8.12. The average Bonchev–Trinajstić information content (AvgIpc) is 3.01. The third kappa shape index (κ3) is 5.79. The number of hydrogen-bond acceptors (Lipinski definition) is 5. The van der Waals surface area contributed by atoms with Gasteiger partial charge in [0.05, 0.1) is 17.3 Å². The minimum atomic E-state index is -0.324. The Kier molecular flexibility index (Phi) is 6.96. The van der Waals surface area contributed by atoms with Crippen molar-refractivity contribution in [2.24, 2.45) is 0 Å². The molecule has 1 aromatic heterocycles. The highest BCUT2D eigenvalue weighted by molar-refractivity contribution is 7.13. The Morgan fingerprint density at radius 3 is 2.37 bits per heavy atom. The zero-order chi connectivity index (χ0) is 20.0. The summed E-state index contributed by atoms with van der Waals surface area (Å²) in [5.74, 6) is -0.324. The molecule has 0 radical (unpaired) electrons. The quantitative estimate of drug-likeness (QED) is 0.720. The molecule has 0 saturated carbocycles. The third-order valence-corrected chi connectivity index (χ3v) is 5.22. The van der Waals surface area contributed by atoms with Crippen molar-refractivity contribution in [3.63, 3.8) is 0 Å². The number of ether oxygens (including phenoxy) is 1. The first-order valence-corrected chi connectivity index (χ1v) is 9.87. The van der Waals surface area contributed by atoms with Crippen LogP contribution in [0.5, 0.6) is 0 Å². The summed E-state index contributed by atoms with van der Waals surface area (Å²) in [5, 5.41) is 6.37. The smallest absolute Gasteiger partial charge is 0.350 e. The van der Waals surface area contributed by atoms with Crippen molar-refractivity contribution in [3.05, 3.63) is 45.4 Å². The Bertz CT molecular complexity index is 792. The number of nitrogens with zero attached hydrogens (tertiary/aromatic N) is 1. The van der Waals surface area contributed by atoms with Gasteiger partial charge in [-0.1, -0.05) is 32.9 Å². The molecule has 2 N–H and O–H groups in total. The van der Waals surface area contributed by atoms with E-state index in [1.807, 2.05) is 31.2 Å². The summed E-state index contributed by atoms with van der Waals surface area (Å²) in [7, 11) is 0. The van der Waals surface area contributed by atoms with E-state index in [1.165, 1.54) is 11.3 Å². The number of nitrogens with one attached hydrogen (secondary N) is 2. The number of aromatic nitrogens is 1. The largest absolute Gasteiger partial charge is 0.462 e. The maximum absolute atomic E-state index is 12.3. The first-order valence-electron chi connectivity index (χ1n) is 9.05. The fourth-order valence-corrected chi connectivity index (χ4v) is 3.42. The van der Waals surface area contributed by atoms with Crippen LogP contribution in [0.3, 0.4) is 0 Å². The first kappa shape index (κ1) is 20.9. The van der Waals surface area contributed by atoms with E-state index in [0.29, 0.717) is 30.1 Å². The van der Waals surface area contributed by atoms with Gasteiger partial charge in [-0.3, -0.25) is 0 Å². The second-order valence-electron chi connectivity index (χ2n) is 7.12. The highest BCUT2D eigenvalue weighted by atomic mass is 32.1. The van der Waals surface area contributed by atoms with E-state index in [0.717, 1.165) is 16.3 Å². The van der Waals surface area contributed by atoms with Crippen molar-refractivity contribution >= 4 is 29.0 Å². The number of hydrogen-bond donors (Lipinski definition) is 2. The Balaban J connectivity index is 2.21. The average molecular weight is 390 g/mol. The number of benzene rings is 1. The molecule has 0 atom stereocenters. The molecule has 1 heterocycles. The molecule has 146 valence electrons. The standard InChI is InChI=1S/C20H27N3O3S/c1-6-21-19(25)22-14-10-8-13(9-11-14)12-15-16(17(24)26-7-2)27-18(23-15)20(3,4)5/h8-11H,6-7,12H2,1-5H3,(H2,21,22,25). The van der Waals surface area contributed by atoms with E-state index >= 15 is 0 Å². The van der Waals surface area contributed by atoms with Gasteiger partial charge in [-0.25, -0.2) is 14.6 Å². The molecule has 0 aliphatic heterocycles. The van der Waals surface area contributed by atoms with E-state index in [4.69, 9.17) is 9.72 Å². The summed E-state index contributed by atoms with van der Waals surface area (Å²) in [6, 6.07) is 7.29. The second kappa shape index (κ2) is 8.99. The van der Waals surface area contributed by atoms with Gasteiger partial charge < -0.3 is 15.4 Å². The molecule has 1 aromatic carbocycles. The van der Waals surface area contributed by atoms with Crippen molar-refractivity contribution in [1.29, 1.82) is 0 Å². The summed E-state index contributed by atoms with van der Waals surface area (Å²) in [4.78, 5) is 29.2. The summed E-state index contributed by atoms with van der Waals surface area (Å²) in [6.07, 6.45) is 0.530. The fourth-order valence-electron chi connectivity index (χ4n) is 2.38. The van der Waals surface area contributed by atoms with Crippen LogP contribution in [0.1, 0.15) is 60.6 Å². The van der Waals surface area contributed by atoms with Crippen LogP contribution in [0, 0.1) is 0 Å². The predicted molar refractivity (Wildman–Crippen MR) is 109 cm³/mol. The molecular formula is C20H27N3O3S. The fraction of sp³-hybridized carbons (Fsp3) is 0.450. The van der Waals surface area contributed by atoms with Crippen molar-refractivity contribution in [3.8, 4) is 0 Å². The Labute approximate surface area is 164 Å². The van der Waals surface area contributed by atoms with Crippen LogP contribution in [0.25, 0.3) is 0 Å². The van der Waals surface area contributed by atoms with Crippen LogP contribution in [0.4, 0.5) is 10.5 Å².